The molecule has 150 valence electrons. The zero-order chi connectivity index (χ0) is 20.5. The van der Waals surface area contributed by atoms with Gasteiger partial charge in [-0.25, -0.2) is 9.37 Å². The minimum atomic E-state index is -0.839. The number of para-hydroxylation sites is 3. The average molecular weight is 421 g/mol. The zero-order valence-electron chi connectivity index (χ0n) is 15.7. The van der Waals surface area contributed by atoms with Crippen LogP contribution < -0.4 is 14.4 Å². The molecule has 0 radical (unpaired) electrons. The Kier molecular flexibility index (Phi) is 4.76. The lowest BCUT2D eigenvalue weighted by molar-refractivity contribution is -0.127. The van der Waals surface area contributed by atoms with Crippen LogP contribution in [0.5, 0.6) is 11.5 Å². The van der Waals surface area contributed by atoms with E-state index in [0.29, 0.717) is 21.3 Å². The summed E-state index contributed by atoms with van der Waals surface area (Å²) in [6.45, 7) is 0.314. The average Bonchev–Trinajstić information content (AvgIpc) is 3.23. The Morgan fingerprint density at radius 3 is 2.80 bits per heavy atom. The van der Waals surface area contributed by atoms with E-state index in [-0.39, 0.29) is 24.6 Å². The molecular formula is C22H16FN3O3S. The topological polar surface area (TPSA) is 64.6 Å². The molecule has 2 aromatic heterocycles. The van der Waals surface area contributed by atoms with Gasteiger partial charge in [-0.2, -0.15) is 0 Å². The number of anilines is 1. The fourth-order valence-electron chi connectivity index (χ4n) is 3.25. The molecule has 0 fully saturated rings. The normalized spacial score (nSPS) is 15.2. The van der Waals surface area contributed by atoms with Gasteiger partial charge in [-0.3, -0.25) is 14.7 Å². The number of benzene rings is 2. The highest BCUT2D eigenvalue weighted by Gasteiger charge is 2.33. The number of carbonyl (C=O) groups is 1. The molecule has 0 aliphatic carbocycles. The lowest BCUT2D eigenvalue weighted by Crippen LogP contribution is -2.46. The predicted molar refractivity (Wildman–Crippen MR) is 111 cm³/mol. The molecule has 8 heteroatoms. The van der Waals surface area contributed by atoms with Crippen molar-refractivity contribution in [1.29, 1.82) is 0 Å². The number of nitrogens with zero attached hydrogens (tertiary/aromatic N) is 3. The lowest BCUT2D eigenvalue weighted by atomic mass is 10.2. The number of hydrogen-bond donors (Lipinski definition) is 0. The Morgan fingerprint density at radius 1 is 1.13 bits per heavy atom. The van der Waals surface area contributed by atoms with Gasteiger partial charge in [-0.15, -0.1) is 0 Å². The fraction of sp³-hybridized carbons (Fsp3) is 0.136. The van der Waals surface area contributed by atoms with Gasteiger partial charge in [0.25, 0.3) is 5.91 Å². The highest BCUT2D eigenvalue weighted by Crippen LogP contribution is 2.34. The number of carbonyl (C=O) groups excluding carboxylic acids is 1. The molecule has 2 aromatic carbocycles. The van der Waals surface area contributed by atoms with Crippen molar-refractivity contribution in [3.63, 3.8) is 0 Å². The maximum Gasteiger partial charge on any atom is 0.273 e. The molecule has 0 saturated carbocycles. The van der Waals surface area contributed by atoms with Gasteiger partial charge < -0.3 is 9.47 Å². The van der Waals surface area contributed by atoms with Gasteiger partial charge in [0.15, 0.2) is 16.6 Å². The van der Waals surface area contributed by atoms with Crippen molar-refractivity contribution < 1.29 is 18.7 Å². The van der Waals surface area contributed by atoms with E-state index >= 15 is 0 Å². The molecule has 1 aliphatic rings. The molecule has 0 bridgehead atoms. The van der Waals surface area contributed by atoms with Gasteiger partial charge in [0, 0.05) is 12.4 Å². The van der Waals surface area contributed by atoms with Crippen LogP contribution in [-0.4, -0.2) is 28.6 Å². The third kappa shape index (κ3) is 3.46. The predicted octanol–water partition coefficient (Wildman–Crippen LogP) is 4.20. The van der Waals surface area contributed by atoms with Gasteiger partial charge in [0.2, 0.25) is 6.10 Å². The van der Waals surface area contributed by atoms with Gasteiger partial charge in [-0.05, 0) is 35.9 Å². The number of amides is 1. The first kappa shape index (κ1) is 18.5. The van der Waals surface area contributed by atoms with Crippen molar-refractivity contribution in [2.24, 2.45) is 0 Å². The van der Waals surface area contributed by atoms with Crippen molar-refractivity contribution in [2.75, 3.05) is 11.5 Å². The summed E-state index contributed by atoms with van der Waals surface area (Å²) in [5.41, 5.74) is 1.07. The monoisotopic (exact) mass is 421 g/mol. The maximum absolute atomic E-state index is 14.2. The molecule has 0 N–H and O–H groups in total. The first-order valence-electron chi connectivity index (χ1n) is 9.33. The highest BCUT2D eigenvalue weighted by atomic mass is 32.1. The Bertz CT molecular complexity index is 1210. The molecule has 0 unspecified atom stereocenters. The van der Waals surface area contributed by atoms with E-state index in [9.17, 15) is 9.18 Å². The number of thiazole rings is 1. The van der Waals surface area contributed by atoms with Crippen LogP contribution in [-0.2, 0) is 11.3 Å². The largest absolute Gasteiger partial charge is 0.485 e. The van der Waals surface area contributed by atoms with E-state index in [0.717, 1.165) is 5.56 Å². The van der Waals surface area contributed by atoms with E-state index in [4.69, 9.17) is 9.47 Å². The summed E-state index contributed by atoms with van der Waals surface area (Å²) < 4.78 is 26.5. The van der Waals surface area contributed by atoms with Gasteiger partial charge in [0.1, 0.15) is 17.9 Å². The molecule has 30 heavy (non-hydrogen) atoms. The maximum atomic E-state index is 14.2. The molecular weight excluding hydrogens is 405 g/mol. The van der Waals surface area contributed by atoms with E-state index < -0.39 is 11.9 Å². The van der Waals surface area contributed by atoms with Crippen LogP contribution in [0.4, 0.5) is 9.52 Å². The second kappa shape index (κ2) is 7.72. The van der Waals surface area contributed by atoms with Crippen molar-refractivity contribution in [1.82, 2.24) is 9.97 Å². The number of halogens is 1. The van der Waals surface area contributed by atoms with E-state index in [1.54, 1.807) is 42.7 Å². The Hall–Kier alpha value is -3.52. The Labute approximate surface area is 175 Å². The second-order valence-corrected chi connectivity index (χ2v) is 7.74. The first-order valence-corrected chi connectivity index (χ1v) is 10.1. The minimum absolute atomic E-state index is 0.0820. The first-order chi connectivity index (χ1) is 14.7. The van der Waals surface area contributed by atoms with E-state index in [2.05, 4.69) is 9.97 Å². The van der Waals surface area contributed by atoms with Gasteiger partial charge in [0.05, 0.1) is 11.2 Å². The second-order valence-electron chi connectivity index (χ2n) is 6.73. The lowest BCUT2D eigenvalue weighted by Gasteiger charge is -2.29. The molecule has 0 spiro atoms. The summed E-state index contributed by atoms with van der Waals surface area (Å²) >= 11 is 1.25. The number of rotatable bonds is 4. The number of pyridine rings is 1. The van der Waals surface area contributed by atoms with Crippen LogP contribution in [0.3, 0.4) is 0 Å². The third-order valence-electron chi connectivity index (χ3n) is 4.70. The van der Waals surface area contributed by atoms with Crippen molar-refractivity contribution in [3.05, 3.63) is 78.4 Å². The van der Waals surface area contributed by atoms with Crippen LogP contribution >= 0.6 is 11.3 Å². The molecule has 1 amide bonds. The van der Waals surface area contributed by atoms with Gasteiger partial charge in [-0.1, -0.05) is 35.6 Å². The number of ether oxygens (including phenoxy) is 2. The summed E-state index contributed by atoms with van der Waals surface area (Å²) in [7, 11) is 0. The van der Waals surface area contributed by atoms with Crippen LogP contribution in [0.15, 0.2) is 67.0 Å². The molecule has 4 aromatic rings. The number of hydrogen-bond acceptors (Lipinski definition) is 6. The van der Waals surface area contributed by atoms with E-state index in [1.165, 1.54) is 22.3 Å². The summed E-state index contributed by atoms with van der Waals surface area (Å²) in [5.74, 6) is 0.379. The Balaban J connectivity index is 1.50. The van der Waals surface area contributed by atoms with Crippen molar-refractivity contribution in [3.8, 4) is 11.5 Å². The fourth-order valence-corrected chi connectivity index (χ4v) is 4.23. The smallest absolute Gasteiger partial charge is 0.273 e. The number of aromatic nitrogens is 2. The summed E-state index contributed by atoms with van der Waals surface area (Å²) in [5, 5.41) is 0.395. The van der Waals surface area contributed by atoms with E-state index in [1.807, 2.05) is 18.2 Å². The molecule has 0 saturated heterocycles. The van der Waals surface area contributed by atoms with Crippen molar-refractivity contribution in [2.45, 2.75) is 12.6 Å². The standard InChI is InChI=1S/C22H16FN3O3S/c23-15-6-3-9-19-20(15)25-22(30-19)26(12-14-5-4-10-24-11-14)21(27)18-13-28-16-7-1-2-8-17(16)29-18/h1-11,18H,12-13H2/t18-/m1/s1. The van der Waals surface area contributed by atoms with Crippen molar-refractivity contribution >= 4 is 32.6 Å². The van der Waals surface area contributed by atoms with Crippen LogP contribution in [0.25, 0.3) is 10.2 Å². The Morgan fingerprint density at radius 2 is 2.00 bits per heavy atom. The third-order valence-corrected chi connectivity index (χ3v) is 5.75. The van der Waals surface area contributed by atoms with Crippen LogP contribution in [0, 0.1) is 5.82 Å². The SMILES string of the molecule is O=C([C@H]1COc2ccccc2O1)N(Cc1cccnc1)c1nc2c(F)cccc2s1. The summed E-state index contributed by atoms with van der Waals surface area (Å²) in [6.07, 6.45) is 2.51. The molecule has 1 atom stereocenters. The quantitative estimate of drug-likeness (QED) is 0.494. The molecule has 6 nitrogen and oxygen atoms in total. The van der Waals surface area contributed by atoms with Gasteiger partial charge >= 0.3 is 0 Å². The number of fused-ring (bicyclic) bond motifs is 2. The van der Waals surface area contributed by atoms with Crippen LogP contribution in [0.2, 0.25) is 0 Å². The summed E-state index contributed by atoms with van der Waals surface area (Å²) in [6, 6.07) is 15.6. The highest BCUT2D eigenvalue weighted by molar-refractivity contribution is 7.22. The molecule has 3 heterocycles. The van der Waals surface area contributed by atoms with Crippen LogP contribution in [0.1, 0.15) is 5.56 Å². The summed E-state index contributed by atoms with van der Waals surface area (Å²) in [4.78, 5) is 23.5. The molecule has 1 aliphatic heterocycles. The molecule has 5 rings (SSSR count). The minimum Gasteiger partial charge on any atom is -0.485 e. The zero-order valence-corrected chi connectivity index (χ0v) is 16.5.